The average molecular weight is 428 g/mol. The molecule has 2 aromatic rings. The van der Waals surface area contributed by atoms with E-state index in [9.17, 15) is 13.2 Å². The first-order chi connectivity index (χ1) is 13.2. The highest BCUT2D eigenvalue weighted by molar-refractivity contribution is 7.97. The van der Waals surface area contributed by atoms with E-state index in [0.29, 0.717) is 24.2 Å². The summed E-state index contributed by atoms with van der Waals surface area (Å²) in [5.74, 6) is 0. The van der Waals surface area contributed by atoms with Gasteiger partial charge in [0.05, 0.1) is 35.2 Å². The number of rotatable bonds is 7. The Kier molecular flexibility index (Phi) is 5.09. The number of hydrogen-bond donors (Lipinski definition) is 3. The number of sulfonamides is 1. The van der Waals surface area contributed by atoms with Crippen molar-refractivity contribution in [3.63, 3.8) is 0 Å². The predicted octanol–water partition coefficient (Wildman–Crippen LogP) is 0.923. The number of benzene rings is 1. The minimum absolute atomic E-state index is 0.0303. The third-order valence-electron chi connectivity index (χ3n) is 5.13. The molecule has 1 aliphatic carbocycles. The van der Waals surface area contributed by atoms with Crippen LogP contribution in [0.1, 0.15) is 32.2 Å². The second-order valence-corrected chi connectivity index (χ2v) is 10.2. The van der Waals surface area contributed by atoms with Crippen LogP contribution in [-0.2, 0) is 21.3 Å². The molecular formula is C17H25N5O4S2. The molecule has 2 heterocycles. The highest BCUT2D eigenvalue weighted by atomic mass is 32.2. The molecule has 1 aromatic heterocycles. The number of aromatic nitrogens is 2. The Morgan fingerprint density at radius 2 is 2.11 bits per heavy atom. The molecule has 0 bridgehead atoms. The van der Waals surface area contributed by atoms with Gasteiger partial charge in [-0.2, -0.15) is 0 Å². The zero-order valence-electron chi connectivity index (χ0n) is 16.1. The normalized spacial score (nSPS) is 24.1. The Bertz CT molecular complexity index is 1060. The van der Waals surface area contributed by atoms with E-state index in [0.717, 1.165) is 12.8 Å². The first-order valence-corrected chi connectivity index (χ1v) is 11.6. The van der Waals surface area contributed by atoms with Crippen molar-refractivity contribution in [2.75, 3.05) is 13.7 Å². The lowest BCUT2D eigenvalue weighted by molar-refractivity contribution is 0.187. The first kappa shape index (κ1) is 19.9. The molecule has 2 aliphatic rings. The smallest absolute Gasteiger partial charge is 0.331 e. The van der Waals surface area contributed by atoms with Crippen LogP contribution < -0.4 is 20.5 Å². The Morgan fingerprint density at radius 3 is 2.71 bits per heavy atom. The summed E-state index contributed by atoms with van der Waals surface area (Å²) in [4.78, 5) is 13.3. The van der Waals surface area contributed by atoms with Crippen molar-refractivity contribution in [3.8, 4) is 0 Å². The molecule has 11 heteroatoms. The molecule has 2 unspecified atom stereocenters. The van der Waals surface area contributed by atoms with Crippen LogP contribution in [0.25, 0.3) is 11.0 Å². The van der Waals surface area contributed by atoms with Gasteiger partial charge in [0, 0.05) is 12.6 Å². The van der Waals surface area contributed by atoms with Crippen molar-refractivity contribution in [3.05, 3.63) is 28.7 Å². The van der Waals surface area contributed by atoms with Crippen molar-refractivity contribution < 1.29 is 13.2 Å². The fourth-order valence-electron chi connectivity index (χ4n) is 3.30. The molecule has 4 rings (SSSR count). The molecular weight excluding hydrogens is 402 g/mol. The summed E-state index contributed by atoms with van der Waals surface area (Å²) in [6, 6.07) is 4.84. The summed E-state index contributed by atoms with van der Waals surface area (Å²) >= 11 is 1.40. The van der Waals surface area contributed by atoms with Gasteiger partial charge in [-0.15, -0.1) is 0 Å². The van der Waals surface area contributed by atoms with E-state index in [2.05, 4.69) is 14.8 Å². The van der Waals surface area contributed by atoms with Gasteiger partial charge >= 0.3 is 5.69 Å². The molecule has 0 amide bonds. The Labute approximate surface area is 168 Å². The molecule has 154 valence electrons. The van der Waals surface area contributed by atoms with Gasteiger partial charge in [-0.05, 0) is 56.8 Å². The number of ether oxygens (including phenoxy) is 1. The molecule has 1 aliphatic heterocycles. The molecule has 1 saturated carbocycles. The SMILES string of the molecule is COCCn1c(=O)n(C2NC(C)NS2)c2cc(S(=O)(=O)NC3(C)CC3)ccc21. The number of imidazole rings is 1. The van der Waals surface area contributed by atoms with Gasteiger partial charge in [0.2, 0.25) is 10.0 Å². The Morgan fingerprint density at radius 1 is 1.36 bits per heavy atom. The number of methoxy groups -OCH3 is 1. The third kappa shape index (κ3) is 3.62. The van der Waals surface area contributed by atoms with Crippen molar-refractivity contribution in [1.82, 2.24) is 23.9 Å². The van der Waals surface area contributed by atoms with Crippen molar-refractivity contribution >= 4 is 33.0 Å². The minimum atomic E-state index is -3.66. The van der Waals surface area contributed by atoms with E-state index in [1.807, 2.05) is 13.8 Å². The van der Waals surface area contributed by atoms with Gasteiger partial charge in [0.1, 0.15) is 0 Å². The quantitative estimate of drug-likeness (QED) is 0.564. The summed E-state index contributed by atoms with van der Waals surface area (Å²) in [7, 11) is -2.08. The fraction of sp³-hybridized carbons (Fsp3) is 0.588. The fourth-order valence-corrected chi connectivity index (χ4v) is 5.77. The highest BCUT2D eigenvalue weighted by Crippen LogP contribution is 2.36. The standard InChI is InChI=1S/C17H25N5O4S2/c1-11-18-15(27-19-11)22-14-10-12(28(24,25)20-17(2)6-7-17)4-5-13(14)21(16(22)23)8-9-26-3/h4-5,10-11,15,18-20H,6-9H2,1-3H3. The van der Waals surface area contributed by atoms with Crippen LogP contribution in [-0.4, -0.2) is 43.0 Å². The molecule has 1 saturated heterocycles. The van der Waals surface area contributed by atoms with E-state index in [1.54, 1.807) is 34.4 Å². The zero-order valence-corrected chi connectivity index (χ0v) is 17.7. The van der Waals surface area contributed by atoms with E-state index in [1.165, 1.54) is 11.9 Å². The predicted molar refractivity (Wildman–Crippen MR) is 108 cm³/mol. The molecule has 2 atom stereocenters. The maximum Gasteiger partial charge on any atom is 0.331 e. The van der Waals surface area contributed by atoms with Gasteiger partial charge in [-0.3, -0.25) is 14.5 Å². The van der Waals surface area contributed by atoms with Crippen LogP contribution in [0.4, 0.5) is 0 Å². The monoisotopic (exact) mass is 427 g/mol. The minimum Gasteiger partial charge on any atom is -0.383 e. The largest absolute Gasteiger partial charge is 0.383 e. The Hall–Kier alpha value is -1.37. The lowest BCUT2D eigenvalue weighted by Crippen LogP contribution is -2.35. The third-order valence-corrected chi connectivity index (χ3v) is 7.82. The summed E-state index contributed by atoms with van der Waals surface area (Å²) in [6.45, 7) is 4.63. The average Bonchev–Trinajstić information content (AvgIpc) is 3.08. The van der Waals surface area contributed by atoms with Crippen molar-refractivity contribution in [2.24, 2.45) is 0 Å². The second kappa shape index (κ2) is 7.15. The zero-order chi connectivity index (χ0) is 20.1. The van der Waals surface area contributed by atoms with Crippen molar-refractivity contribution in [1.29, 1.82) is 0 Å². The maximum atomic E-state index is 13.1. The van der Waals surface area contributed by atoms with Gasteiger partial charge < -0.3 is 4.74 Å². The van der Waals surface area contributed by atoms with Crippen LogP contribution in [0.3, 0.4) is 0 Å². The molecule has 2 fully saturated rings. The molecule has 0 spiro atoms. The second-order valence-electron chi connectivity index (χ2n) is 7.59. The summed E-state index contributed by atoms with van der Waals surface area (Å²) in [5, 5.41) is 3.28. The maximum absolute atomic E-state index is 13.1. The Balaban J connectivity index is 1.83. The number of nitrogens with zero attached hydrogens (tertiary/aromatic N) is 2. The van der Waals surface area contributed by atoms with Gasteiger partial charge in [0.15, 0.2) is 5.50 Å². The molecule has 1 aromatic carbocycles. The molecule has 9 nitrogen and oxygen atoms in total. The van der Waals surface area contributed by atoms with Crippen LogP contribution in [0.2, 0.25) is 0 Å². The van der Waals surface area contributed by atoms with Gasteiger partial charge in [-0.25, -0.2) is 22.7 Å². The van der Waals surface area contributed by atoms with Crippen LogP contribution in [0.5, 0.6) is 0 Å². The molecule has 28 heavy (non-hydrogen) atoms. The van der Waals surface area contributed by atoms with Crippen molar-refractivity contribution in [2.45, 2.75) is 55.3 Å². The lowest BCUT2D eigenvalue weighted by Gasteiger charge is -2.14. The highest BCUT2D eigenvalue weighted by Gasteiger charge is 2.41. The van der Waals surface area contributed by atoms with Crippen LogP contribution in [0.15, 0.2) is 27.9 Å². The summed E-state index contributed by atoms with van der Waals surface area (Å²) in [5.41, 5.74) is 0.358. The molecule has 3 N–H and O–H groups in total. The van der Waals surface area contributed by atoms with Gasteiger partial charge in [-0.1, -0.05) is 0 Å². The van der Waals surface area contributed by atoms with Crippen LogP contribution in [0, 0.1) is 0 Å². The summed E-state index contributed by atoms with van der Waals surface area (Å²) in [6.07, 6.45) is 1.69. The number of nitrogens with one attached hydrogen (secondary N) is 3. The molecule has 0 radical (unpaired) electrons. The number of hydrogen-bond acceptors (Lipinski definition) is 7. The van der Waals surface area contributed by atoms with E-state index >= 15 is 0 Å². The van der Waals surface area contributed by atoms with Crippen LogP contribution >= 0.6 is 11.9 Å². The first-order valence-electron chi connectivity index (χ1n) is 9.19. The number of fused-ring (bicyclic) bond motifs is 1. The van der Waals surface area contributed by atoms with E-state index < -0.39 is 10.0 Å². The topological polar surface area (TPSA) is 106 Å². The van der Waals surface area contributed by atoms with E-state index in [-0.39, 0.29) is 27.8 Å². The van der Waals surface area contributed by atoms with E-state index in [4.69, 9.17) is 4.74 Å². The lowest BCUT2D eigenvalue weighted by atomic mass is 10.3. The summed E-state index contributed by atoms with van der Waals surface area (Å²) < 4.78 is 39.9. The van der Waals surface area contributed by atoms with Gasteiger partial charge in [0.25, 0.3) is 0 Å².